The van der Waals surface area contributed by atoms with Gasteiger partial charge < -0.3 is 10.6 Å². The van der Waals surface area contributed by atoms with E-state index in [1.165, 1.54) is 30.5 Å². The normalized spacial score (nSPS) is 17.4. The van der Waals surface area contributed by atoms with Crippen LogP contribution in [0.15, 0.2) is 53.6 Å². The number of hydrogen-bond donors (Lipinski definition) is 2. The minimum absolute atomic E-state index is 0.0922. The van der Waals surface area contributed by atoms with Crippen molar-refractivity contribution in [1.29, 1.82) is 0 Å². The summed E-state index contributed by atoms with van der Waals surface area (Å²) in [5.74, 6) is -0.736. The number of hydrogen-bond acceptors (Lipinski definition) is 7. The second-order valence-corrected chi connectivity index (χ2v) is 11.2. The van der Waals surface area contributed by atoms with Crippen LogP contribution in [0.25, 0.3) is 11.3 Å². The maximum absolute atomic E-state index is 14.2. The quantitative estimate of drug-likeness (QED) is 0.548. The van der Waals surface area contributed by atoms with E-state index < -0.39 is 15.9 Å². The summed E-state index contributed by atoms with van der Waals surface area (Å²) >= 11 is 0. The van der Waals surface area contributed by atoms with Crippen LogP contribution < -0.4 is 15.4 Å². The standard InChI is InChI=1S/C25H28FN5O3S/c1-15-13-25(3,4)31(14-15)23-18(9-10-20(29-23)17-8-7-16(2)19(26)12-17)24(32)30-35(33,34)21-6-5-11-28-22(21)27/h5-12,15H,13-14H2,1-4H3,(H2,27,28)(H,30,32)/t15-/m0/s1. The van der Waals surface area contributed by atoms with Crippen molar-refractivity contribution in [3.8, 4) is 11.3 Å². The van der Waals surface area contributed by atoms with Crippen LogP contribution in [0.4, 0.5) is 16.0 Å². The monoisotopic (exact) mass is 497 g/mol. The molecular weight excluding hydrogens is 469 g/mol. The highest BCUT2D eigenvalue weighted by atomic mass is 32.2. The lowest BCUT2D eigenvalue weighted by molar-refractivity contribution is 0.0981. The molecular formula is C25H28FN5O3S. The van der Waals surface area contributed by atoms with E-state index in [1.54, 1.807) is 25.1 Å². The van der Waals surface area contributed by atoms with Crippen molar-refractivity contribution in [1.82, 2.24) is 14.7 Å². The summed E-state index contributed by atoms with van der Waals surface area (Å²) in [7, 11) is -4.27. The molecule has 184 valence electrons. The molecule has 1 fully saturated rings. The molecule has 1 aromatic carbocycles. The third kappa shape index (κ3) is 4.84. The number of carbonyl (C=O) groups excluding carboxylic acids is 1. The SMILES string of the molecule is Cc1ccc(-c2ccc(C(=O)NS(=O)(=O)c3cccnc3N)c(N3C[C@@H](C)CC3(C)C)n2)cc1F. The van der Waals surface area contributed by atoms with E-state index in [1.807, 2.05) is 18.7 Å². The maximum Gasteiger partial charge on any atom is 0.268 e. The van der Waals surface area contributed by atoms with Crippen LogP contribution >= 0.6 is 0 Å². The highest BCUT2D eigenvalue weighted by Crippen LogP contribution is 2.38. The molecule has 4 rings (SSSR count). The third-order valence-electron chi connectivity index (χ3n) is 6.23. The molecule has 0 aliphatic carbocycles. The van der Waals surface area contributed by atoms with Gasteiger partial charge in [-0.2, -0.15) is 0 Å². The fourth-order valence-electron chi connectivity index (χ4n) is 4.57. The van der Waals surface area contributed by atoms with Crippen molar-refractivity contribution in [3.63, 3.8) is 0 Å². The summed E-state index contributed by atoms with van der Waals surface area (Å²) in [5, 5.41) is 0. The summed E-state index contributed by atoms with van der Waals surface area (Å²) < 4.78 is 42.1. The Bertz CT molecular complexity index is 1410. The van der Waals surface area contributed by atoms with Gasteiger partial charge in [0.15, 0.2) is 0 Å². The van der Waals surface area contributed by atoms with Gasteiger partial charge in [-0.1, -0.05) is 19.1 Å². The number of aryl methyl sites for hydroxylation is 1. The Morgan fingerprint density at radius 2 is 1.97 bits per heavy atom. The van der Waals surface area contributed by atoms with E-state index in [4.69, 9.17) is 10.7 Å². The average Bonchev–Trinajstić information content (AvgIpc) is 3.06. The van der Waals surface area contributed by atoms with E-state index in [0.29, 0.717) is 35.1 Å². The van der Waals surface area contributed by atoms with Gasteiger partial charge in [0.05, 0.1) is 11.3 Å². The third-order valence-corrected chi connectivity index (χ3v) is 7.61. The van der Waals surface area contributed by atoms with Gasteiger partial charge >= 0.3 is 0 Å². The van der Waals surface area contributed by atoms with Crippen LogP contribution in [-0.2, 0) is 10.0 Å². The largest absolute Gasteiger partial charge is 0.383 e. The van der Waals surface area contributed by atoms with Crippen LogP contribution in [0.1, 0.15) is 43.1 Å². The molecule has 1 saturated heterocycles. The first-order valence-electron chi connectivity index (χ1n) is 11.2. The van der Waals surface area contributed by atoms with Gasteiger partial charge in [-0.05, 0) is 69.0 Å². The molecule has 35 heavy (non-hydrogen) atoms. The second-order valence-electron chi connectivity index (χ2n) is 9.59. The molecule has 0 spiro atoms. The maximum atomic E-state index is 14.2. The summed E-state index contributed by atoms with van der Waals surface area (Å²) in [6.07, 6.45) is 2.23. The van der Waals surface area contributed by atoms with Gasteiger partial charge in [0.2, 0.25) is 0 Å². The summed E-state index contributed by atoms with van der Waals surface area (Å²) in [6.45, 7) is 8.51. The Labute approximate surface area is 204 Å². The topological polar surface area (TPSA) is 118 Å². The molecule has 0 saturated carbocycles. The zero-order valence-corrected chi connectivity index (χ0v) is 20.9. The number of nitrogens with one attached hydrogen (secondary N) is 1. The number of nitrogens with two attached hydrogens (primary N) is 1. The van der Waals surface area contributed by atoms with Crippen molar-refractivity contribution < 1.29 is 17.6 Å². The predicted molar refractivity (Wildman–Crippen MR) is 133 cm³/mol. The Balaban J connectivity index is 1.79. The second kappa shape index (κ2) is 8.92. The summed E-state index contributed by atoms with van der Waals surface area (Å²) in [6, 6.07) is 10.6. The van der Waals surface area contributed by atoms with Gasteiger partial charge in [0.1, 0.15) is 22.3 Å². The minimum Gasteiger partial charge on any atom is -0.383 e. The predicted octanol–water partition coefficient (Wildman–Crippen LogP) is 3.92. The Morgan fingerprint density at radius 1 is 1.23 bits per heavy atom. The molecule has 0 bridgehead atoms. The molecule has 8 nitrogen and oxygen atoms in total. The first-order chi connectivity index (χ1) is 16.4. The van der Waals surface area contributed by atoms with Gasteiger partial charge in [-0.15, -0.1) is 0 Å². The van der Waals surface area contributed by atoms with E-state index in [-0.39, 0.29) is 27.6 Å². The molecule has 0 radical (unpaired) electrons. The number of halogens is 1. The van der Waals surface area contributed by atoms with E-state index in [2.05, 4.69) is 16.6 Å². The Morgan fingerprint density at radius 3 is 2.60 bits per heavy atom. The van der Waals surface area contributed by atoms with Gasteiger partial charge in [-0.3, -0.25) is 4.79 Å². The zero-order chi connectivity index (χ0) is 25.5. The van der Waals surface area contributed by atoms with Crippen molar-refractivity contribution >= 4 is 27.6 Å². The molecule has 1 aliphatic rings. The van der Waals surface area contributed by atoms with Crippen molar-refractivity contribution in [2.24, 2.45) is 5.92 Å². The lowest BCUT2D eigenvalue weighted by Crippen LogP contribution is -2.41. The first kappa shape index (κ1) is 24.6. The average molecular weight is 498 g/mol. The van der Waals surface area contributed by atoms with Crippen LogP contribution in [0.2, 0.25) is 0 Å². The number of nitrogens with zero attached hydrogens (tertiary/aromatic N) is 3. The fourth-order valence-corrected chi connectivity index (χ4v) is 5.62. The molecule has 1 aliphatic heterocycles. The number of anilines is 2. The number of aromatic nitrogens is 2. The molecule has 3 aromatic rings. The van der Waals surface area contributed by atoms with Crippen molar-refractivity contribution in [2.45, 2.75) is 44.6 Å². The number of amides is 1. The number of rotatable bonds is 5. The van der Waals surface area contributed by atoms with E-state index >= 15 is 0 Å². The Hall–Kier alpha value is -3.53. The molecule has 0 unspecified atom stereocenters. The zero-order valence-electron chi connectivity index (χ0n) is 20.0. The summed E-state index contributed by atoms with van der Waals surface area (Å²) in [4.78, 5) is 23.5. The number of nitrogen functional groups attached to an aromatic ring is 1. The highest BCUT2D eigenvalue weighted by Gasteiger charge is 2.39. The van der Waals surface area contributed by atoms with Crippen LogP contribution in [0.5, 0.6) is 0 Å². The lowest BCUT2D eigenvalue weighted by Gasteiger charge is -2.34. The molecule has 1 atom stereocenters. The number of carbonyl (C=O) groups is 1. The van der Waals surface area contributed by atoms with E-state index in [0.717, 1.165) is 6.42 Å². The number of benzene rings is 1. The van der Waals surface area contributed by atoms with E-state index in [9.17, 15) is 17.6 Å². The molecule has 2 aromatic heterocycles. The fraction of sp³-hybridized carbons (Fsp3) is 0.320. The van der Waals surface area contributed by atoms with Crippen LogP contribution in [-0.4, -0.2) is 36.4 Å². The van der Waals surface area contributed by atoms with Gasteiger partial charge in [0, 0.05) is 23.8 Å². The molecule has 10 heteroatoms. The molecule has 1 amide bonds. The number of sulfonamides is 1. The van der Waals surface area contributed by atoms with Crippen molar-refractivity contribution in [3.05, 3.63) is 65.6 Å². The summed E-state index contributed by atoms with van der Waals surface area (Å²) in [5.41, 5.74) is 7.03. The molecule has 3 heterocycles. The van der Waals surface area contributed by atoms with Crippen LogP contribution in [0.3, 0.4) is 0 Å². The smallest absolute Gasteiger partial charge is 0.268 e. The minimum atomic E-state index is -4.27. The van der Waals surface area contributed by atoms with Crippen molar-refractivity contribution in [2.75, 3.05) is 17.2 Å². The highest BCUT2D eigenvalue weighted by molar-refractivity contribution is 7.90. The Kier molecular flexibility index (Phi) is 6.27. The van der Waals surface area contributed by atoms with Crippen LogP contribution in [0, 0.1) is 18.7 Å². The van der Waals surface area contributed by atoms with Gasteiger partial charge in [-0.25, -0.2) is 27.5 Å². The number of pyridine rings is 2. The lowest BCUT2D eigenvalue weighted by atomic mass is 9.97. The first-order valence-corrected chi connectivity index (χ1v) is 12.7. The molecule has 3 N–H and O–H groups in total. The van der Waals surface area contributed by atoms with Gasteiger partial charge in [0.25, 0.3) is 15.9 Å².